The Morgan fingerprint density at radius 2 is 1.78 bits per heavy atom. The first-order valence-electron chi connectivity index (χ1n) is 5.73. The SMILES string of the molecule is CC(C)C[C@H](NC(=O)c1ccc(O)cc1)C(=O)O. The van der Waals surface area contributed by atoms with Gasteiger partial charge in [-0.1, -0.05) is 13.8 Å². The molecule has 0 unspecified atom stereocenters. The van der Waals surface area contributed by atoms with Gasteiger partial charge in [0, 0.05) is 5.56 Å². The van der Waals surface area contributed by atoms with E-state index in [0.717, 1.165) is 0 Å². The highest BCUT2D eigenvalue weighted by molar-refractivity contribution is 5.96. The molecule has 1 atom stereocenters. The van der Waals surface area contributed by atoms with Crippen molar-refractivity contribution in [3.05, 3.63) is 29.8 Å². The molecule has 0 bridgehead atoms. The van der Waals surface area contributed by atoms with Crippen LogP contribution < -0.4 is 5.32 Å². The molecule has 0 aliphatic rings. The van der Waals surface area contributed by atoms with Crippen LogP contribution in [-0.4, -0.2) is 28.1 Å². The first-order valence-corrected chi connectivity index (χ1v) is 5.73. The molecule has 5 heteroatoms. The van der Waals surface area contributed by atoms with Crippen LogP contribution in [0.1, 0.15) is 30.6 Å². The van der Waals surface area contributed by atoms with Crippen molar-refractivity contribution < 1.29 is 19.8 Å². The highest BCUT2D eigenvalue weighted by Crippen LogP contribution is 2.11. The maximum atomic E-state index is 11.8. The van der Waals surface area contributed by atoms with E-state index in [4.69, 9.17) is 10.2 Å². The van der Waals surface area contributed by atoms with Gasteiger partial charge in [0.15, 0.2) is 0 Å². The molecule has 18 heavy (non-hydrogen) atoms. The minimum atomic E-state index is -1.05. The zero-order valence-corrected chi connectivity index (χ0v) is 10.4. The number of benzene rings is 1. The fraction of sp³-hybridized carbons (Fsp3) is 0.385. The van der Waals surface area contributed by atoms with Crippen molar-refractivity contribution in [1.82, 2.24) is 5.32 Å². The van der Waals surface area contributed by atoms with Gasteiger partial charge in [0.2, 0.25) is 0 Å². The second kappa shape index (κ2) is 6.05. The predicted molar refractivity (Wildman–Crippen MR) is 66.5 cm³/mol. The lowest BCUT2D eigenvalue weighted by molar-refractivity contribution is -0.139. The average molecular weight is 251 g/mol. The van der Waals surface area contributed by atoms with E-state index >= 15 is 0 Å². The number of phenols is 1. The van der Waals surface area contributed by atoms with Gasteiger partial charge < -0.3 is 15.5 Å². The van der Waals surface area contributed by atoms with Crippen molar-refractivity contribution in [3.63, 3.8) is 0 Å². The summed E-state index contributed by atoms with van der Waals surface area (Å²) in [5.41, 5.74) is 0.322. The van der Waals surface area contributed by atoms with Crippen LogP contribution in [0.25, 0.3) is 0 Å². The van der Waals surface area contributed by atoms with Crippen molar-refractivity contribution >= 4 is 11.9 Å². The molecule has 0 saturated heterocycles. The number of aliphatic carboxylic acids is 1. The molecule has 1 amide bonds. The molecule has 1 aromatic carbocycles. The number of carboxylic acid groups (broad SMARTS) is 1. The molecule has 0 fully saturated rings. The van der Waals surface area contributed by atoms with Crippen LogP contribution in [0.5, 0.6) is 5.75 Å². The summed E-state index contributed by atoms with van der Waals surface area (Å²) in [6.45, 7) is 3.78. The number of nitrogens with one attached hydrogen (secondary N) is 1. The summed E-state index contributed by atoms with van der Waals surface area (Å²) < 4.78 is 0. The first-order chi connectivity index (χ1) is 8.40. The number of hydrogen-bond donors (Lipinski definition) is 3. The largest absolute Gasteiger partial charge is 0.508 e. The molecular formula is C13H17NO4. The number of rotatable bonds is 5. The van der Waals surface area contributed by atoms with Crippen LogP contribution in [0.3, 0.4) is 0 Å². The third-order valence-electron chi connectivity index (χ3n) is 2.44. The fourth-order valence-corrected chi connectivity index (χ4v) is 1.55. The third kappa shape index (κ3) is 4.08. The van der Waals surface area contributed by atoms with Gasteiger partial charge in [0.1, 0.15) is 11.8 Å². The van der Waals surface area contributed by atoms with Crippen molar-refractivity contribution in [2.75, 3.05) is 0 Å². The van der Waals surface area contributed by atoms with Crippen LogP contribution >= 0.6 is 0 Å². The van der Waals surface area contributed by atoms with E-state index in [-0.39, 0.29) is 11.7 Å². The van der Waals surface area contributed by atoms with Gasteiger partial charge in [-0.2, -0.15) is 0 Å². The summed E-state index contributed by atoms with van der Waals surface area (Å²) in [6, 6.07) is 4.75. The number of carboxylic acids is 1. The van der Waals surface area contributed by atoms with E-state index in [0.29, 0.717) is 12.0 Å². The molecule has 0 aromatic heterocycles. The van der Waals surface area contributed by atoms with Gasteiger partial charge in [-0.3, -0.25) is 4.79 Å². The second-order valence-electron chi connectivity index (χ2n) is 4.54. The number of aromatic hydroxyl groups is 1. The molecule has 0 radical (unpaired) electrons. The highest BCUT2D eigenvalue weighted by Gasteiger charge is 2.21. The molecule has 1 rings (SSSR count). The number of amides is 1. The first kappa shape index (κ1) is 14.0. The van der Waals surface area contributed by atoms with E-state index < -0.39 is 17.9 Å². The van der Waals surface area contributed by atoms with E-state index in [9.17, 15) is 9.59 Å². The molecule has 0 aliphatic carbocycles. The number of hydrogen-bond acceptors (Lipinski definition) is 3. The molecule has 1 aromatic rings. The summed E-state index contributed by atoms with van der Waals surface area (Å²) in [4.78, 5) is 22.8. The summed E-state index contributed by atoms with van der Waals surface area (Å²) >= 11 is 0. The summed E-state index contributed by atoms with van der Waals surface area (Å²) in [7, 11) is 0. The summed E-state index contributed by atoms with van der Waals surface area (Å²) in [5.74, 6) is -1.27. The minimum absolute atomic E-state index is 0.0588. The molecule has 0 spiro atoms. The van der Waals surface area contributed by atoms with E-state index in [1.807, 2.05) is 13.8 Å². The van der Waals surface area contributed by atoms with Crippen LogP contribution in [0.2, 0.25) is 0 Å². The van der Waals surface area contributed by atoms with Gasteiger partial charge in [-0.15, -0.1) is 0 Å². The molecule has 0 heterocycles. The maximum absolute atomic E-state index is 11.8. The topological polar surface area (TPSA) is 86.6 Å². The van der Waals surface area contributed by atoms with Crippen molar-refractivity contribution in [3.8, 4) is 5.75 Å². The quantitative estimate of drug-likeness (QED) is 0.742. The zero-order valence-electron chi connectivity index (χ0n) is 10.4. The molecule has 98 valence electrons. The van der Waals surface area contributed by atoms with Crippen molar-refractivity contribution in [2.24, 2.45) is 5.92 Å². The molecule has 0 saturated carbocycles. The Balaban J connectivity index is 2.72. The standard InChI is InChI=1S/C13H17NO4/c1-8(2)7-11(13(17)18)14-12(16)9-3-5-10(15)6-4-9/h3-6,8,11,15H,7H2,1-2H3,(H,14,16)(H,17,18)/t11-/m0/s1. The third-order valence-corrected chi connectivity index (χ3v) is 2.44. The minimum Gasteiger partial charge on any atom is -0.508 e. The fourth-order valence-electron chi connectivity index (χ4n) is 1.55. The number of carbonyl (C=O) groups excluding carboxylic acids is 1. The Bertz CT molecular complexity index is 425. The van der Waals surface area contributed by atoms with Crippen molar-refractivity contribution in [1.29, 1.82) is 0 Å². The monoisotopic (exact) mass is 251 g/mol. The van der Waals surface area contributed by atoms with E-state index in [1.165, 1.54) is 24.3 Å². The summed E-state index contributed by atoms with van der Waals surface area (Å²) in [5, 5.41) is 20.6. The lowest BCUT2D eigenvalue weighted by Crippen LogP contribution is -2.41. The lowest BCUT2D eigenvalue weighted by atomic mass is 10.0. The maximum Gasteiger partial charge on any atom is 0.326 e. The smallest absolute Gasteiger partial charge is 0.326 e. The second-order valence-corrected chi connectivity index (χ2v) is 4.54. The number of phenolic OH excluding ortho intramolecular Hbond substituents is 1. The van der Waals surface area contributed by atoms with E-state index in [2.05, 4.69) is 5.32 Å². The highest BCUT2D eigenvalue weighted by atomic mass is 16.4. The van der Waals surface area contributed by atoms with Gasteiger partial charge in [0.05, 0.1) is 0 Å². The Labute approximate surface area is 105 Å². The van der Waals surface area contributed by atoms with E-state index in [1.54, 1.807) is 0 Å². The van der Waals surface area contributed by atoms with Crippen LogP contribution in [0, 0.1) is 5.92 Å². The Morgan fingerprint density at radius 3 is 2.22 bits per heavy atom. The Kier molecular flexibility index (Phi) is 4.71. The van der Waals surface area contributed by atoms with Gasteiger partial charge in [0.25, 0.3) is 5.91 Å². The average Bonchev–Trinajstić information content (AvgIpc) is 2.28. The van der Waals surface area contributed by atoms with Gasteiger partial charge >= 0.3 is 5.97 Å². The molecule has 0 aliphatic heterocycles. The van der Waals surface area contributed by atoms with Crippen molar-refractivity contribution in [2.45, 2.75) is 26.3 Å². The van der Waals surface area contributed by atoms with Crippen LogP contribution in [0.15, 0.2) is 24.3 Å². The van der Waals surface area contributed by atoms with Gasteiger partial charge in [-0.25, -0.2) is 4.79 Å². The van der Waals surface area contributed by atoms with Crippen LogP contribution in [-0.2, 0) is 4.79 Å². The Hall–Kier alpha value is -2.04. The van der Waals surface area contributed by atoms with Gasteiger partial charge in [-0.05, 0) is 36.6 Å². The zero-order chi connectivity index (χ0) is 13.7. The molecular weight excluding hydrogens is 234 g/mol. The number of carbonyl (C=O) groups is 2. The summed E-state index contributed by atoms with van der Waals surface area (Å²) in [6.07, 6.45) is 0.374. The Morgan fingerprint density at radius 1 is 1.22 bits per heavy atom. The lowest BCUT2D eigenvalue weighted by Gasteiger charge is -2.16. The predicted octanol–water partition coefficient (Wildman–Crippen LogP) is 1.62. The normalized spacial score (nSPS) is 12.2. The molecule has 5 nitrogen and oxygen atoms in total. The van der Waals surface area contributed by atoms with Crippen LogP contribution in [0.4, 0.5) is 0 Å². The molecule has 3 N–H and O–H groups in total.